The van der Waals surface area contributed by atoms with E-state index in [0.29, 0.717) is 5.75 Å². The van der Waals surface area contributed by atoms with Crippen molar-refractivity contribution in [3.05, 3.63) is 42.5 Å². The van der Waals surface area contributed by atoms with E-state index in [-0.39, 0.29) is 6.47 Å². The predicted molar refractivity (Wildman–Crippen MR) is 50.7 cm³/mol. The molecule has 0 aliphatic heterocycles. The Morgan fingerprint density at radius 2 is 1.92 bits per heavy atom. The molecule has 0 aliphatic rings. The number of allylic oxidation sites excluding steroid dienone is 1. The van der Waals surface area contributed by atoms with Crippen LogP contribution >= 0.6 is 0 Å². The number of hydrogen-bond donors (Lipinski definition) is 2. The number of phenolic OH excluding ortho intramolecular Hbond substituents is 1. The molecular formula is C10H12O3. The van der Waals surface area contributed by atoms with E-state index in [0.717, 1.165) is 12.0 Å². The van der Waals surface area contributed by atoms with Crippen LogP contribution in [-0.2, 0) is 11.2 Å². The van der Waals surface area contributed by atoms with Gasteiger partial charge in [-0.15, -0.1) is 6.58 Å². The highest BCUT2D eigenvalue weighted by Crippen LogP contribution is 2.15. The third-order valence-corrected chi connectivity index (χ3v) is 1.36. The molecule has 1 aromatic carbocycles. The zero-order valence-corrected chi connectivity index (χ0v) is 7.18. The van der Waals surface area contributed by atoms with Crippen LogP contribution in [0.1, 0.15) is 5.56 Å². The van der Waals surface area contributed by atoms with E-state index in [1.165, 1.54) is 0 Å². The lowest BCUT2D eigenvalue weighted by Crippen LogP contribution is -1.79. The fourth-order valence-electron chi connectivity index (χ4n) is 0.839. The van der Waals surface area contributed by atoms with Crippen molar-refractivity contribution in [3.63, 3.8) is 0 Å². The lowest BCUT2D eigenvalue weighted by Gasteiger charge is -1.97. The number of aromatic hydroxyl groups is 1. The van der Waals surface area contributed by atoms with Crippen LogP contribution in [0.2, 0.25) is 0 Å². The van der Waals surface area contributed by atoms with E-state index in [1.807, 2.05) is 18.2 Å². The van der Waals surface area contributed by atoms with Crippen LogP contribution in [0.4, 0.5) is 0 Å². The number of carboxylic acid groups (broad SMARTS) is 1. The van der Waals surface area contributed by atoms with Crippen LogP contribution in [0, 0.1) is 0 Å². The van der Waals surface area contributed by atoms with Crippen LogP contribution in [0.5, 0.6) is 5.75 Å². The summed E-state index contributed by atoms with van der Waals surface area (Å²) in [5, 5.41) is 16.1. The number of phenols is 1. The third kappa shape index (κ3) is 4.63. The zero-order chi connectivity index (χ0) is 10.1. The van der Waals surface area contributed by atoms with Crippen LogP contribution in [0.3, 0.4) is 0 Å². The van der Waals surface area contributed by atoms with Crippen molar-refractivity contribution in [1.82, 2.24) is 0 Å². The van der Waals surface area contributed by atoms with Gasteiger partial charge in [0, 0.05) is 0 Å². The maximum Gasteiger partial charge on any atom is 0.290 e. The van der Waals surface area contributed by atoms with Crippen molar-refractivity contribution in [2.75, 3.05) is 0 Å². The van der Waals surface area contributed by atoms with E-state index in [1.54, 1.807) is 12.1 Å². The van der Waals surface area contributed by atoms with Crippen LogP contribution in [0.15, 0.2) is 36.9 Å². The first-order valence-electron chi connectivity index (χ1n) is 3.71. The topological polar surface area (TPSA) is 57.5 Å². The summed E-state index contributed by atoms with van der Waals surface area (Å²) in [6.07, 6.45) is 2.50. The molecule has 0 spiro atoms. The van der Waals surface area contributed by atoms with Gasteiger partial charge in [0.05, 0.1) is 0 Å². The van der Waals surface area contributed by atoms with Gasteiger partial charge >= 0.3 is 0 Å². The number of rotatable bonds is 2. The molecular weight excluding hydrogens is 168 g/mol. The third-order valence-electron chi connectivity index (χ3n) is 1.36. The fourth-order valence-corrected chi connectivity index (χ4v) is 0.839. The Hall–Kier alpha value is -1.77. The summed E-state index contributed by atoms with van der Waals surface area (Å²) in [6.45, 7) is 3.34. The minimum atomic E-state index is -0.250. The van der Waals surface area contributed by atoms with E-state index >= 15 is 0 Å². The van der Waals surface area contributed by atoms with Crippen LogP contribution in [0.25, 0.3) is 0 Å². The number of hydrogen-bond acceptors (Lipinski definition) is 2. The molecule has 0 aromatic heterocycles. The van der Waals surface area contributed by atoms with Crippen molar-refractivity contribution in [2.45, 2.75) is 6.42 Å². The summed E-state index contributed by atoms with van der Waals surface area (Å²) in [6, 6.07) is 7.27. The number of carbonyl (C=O) groups is 1. The highest BCUT2D eigenvalue weighted by Gasteiger charge is 1.93. The molecule has 0 fully saturated rings. The van der Waals surface area contributed by atoms with E-state index < -0.39 is 0 Å². The minimum Gasteiger partial charge on any atom is -0.508 e. The minimum absolute atomic E-state index is 0.250. The predicted octanol–water partition coefficient (Wildman–Crippen LogP) is 1.82. The molecule has 2 N–H and O–H groups in total. The summed E-state index contributed by atoms with van der Waals surface area (Å²) in [5.74, 6) is 0.349. The number of para-hydroxylation sites is 1. The molecule has 0 heterocycles. The zero-order valence-electron chi connectivity index (χ0n) is 7.18. The summed E-state index contributed by atoms with van der Waals surface area (Å²) < 4.78 is 0. The van der Waals surface area contributed by atoms with Gasteiger partial charge in [-0.1, -0.05) is 24.3 Å². The summed E-state index contributed by atoms with van der Waals surface area (Å²) in [5.41, 5.74) is 0.928. The first kappa shape index (κ1) is 11.2. The van der Waals surface area contributed by atoms with Gasteiger partial charge in [0.1, 0.15) is 5.75 Å². The maximum absolute atomic E-state index is 9.19. The summed E-state index contributed by atoms with van der Waals surface area (Å²) in [4.78, 5) is 8.36. The first-order valence-corrected chi connectivity index (χ1v) is 3.71. The standard InChI is InChI=1S/C9H10O.CH2O2/c1-2-5-8-6-3-4-7-9(8)10;2-1-3/h2-4,6-7,10H,1,5H2;1H,(H,2,3). The second-order valence-corrected chi connectivity index (χ2v) is 2.23. The molecule has 0 saturated heterocycles. The molecule has 0 aliphatic carbocycles. The Labute approximate surface area is 77.0 Å². The lowest BCUT2D eigenvalue weighted by molar-refractivity contribution is -0.122. The largest absolute Gasteiger partial charge is 0.508 e. The fraction of sp³-hybridized carbons (Fsp3) is 0.100. The Morgan fingerprint density at radius 3 is 2.38 bits per heavy atom. The Morgan fingerprint density at radius 1 is 1.38 bits per heavy atom. The summed E-state index contributed by atoms with van der Waals surface area (Å²) >= 11 is 0. The highest BCUT2D eigenvalue weighted by molar-refractivity contribution is 5.33. The molecule has 0 atom stereocenters. The average molecular weight is 180 g/mol. The Kier molecular flexibility index (Phi) is 5.97. The lowest BCUT2D eigenvalue weighted by atomic mass is 10.1. The van der Waals surface area contributed by atoms with Gasteiger partial charge < -0.3 is 10.2 Å². The molecule has 3 heteroatoms. The van der Waals surface area contributed by atoms with E-state index in [2.05, 4.69) is 6.58 Å². The van der Waals surface area contributed by atoms with Crippen LogP contribution in [-0.4, -0.2) is 16.7 Å². The molecule has 0 unspecified atom stereocenters. The van der Waals surface area contributed by atoms with Crippen LogP contribution < -0.4 is 0 Å². The van der Waals surface area contributed by atoms with Crippen molar-refractivity contribution < 1.29 is 15.0 Å². The van der Waals surface area contributed by atoms with E-state index in [4.69, 9.17) is 9.90 Å². The molecule has 13 heavy (non-hydrogen) atoms. The smallest absolute Gasteiger partial charge is 0.290 e. The second-order valence-electron chi connectivity index (χ2n) is 2.23. The van der Waals surface area contributed by atoms with Gasteiger partial charge in [-0.25, -0.2) is 0 Å². The van der Waals surface area contributed by atoms with E-state index in [9.17, 15) is 5.11 Å². The molecule has 70 valence electrons. The highest BCUT2D eigenvalue weighted by atomic mass is 16.3. The molecule has 1 aromatic rings. The van der Waals surface area contributed by atoms with Crippen molar-refractivity contribution >= 4 is 6.47 Å². The quantitative estimate of drug-likeness (QED) is 0.539. The van der Waals surface area contributed by atoms with Gasteiger partial charge in [-0.2, -0.15) is 0 Å². The molecule has 0 radical (unpaired) electrons. The maximum atomic E-state index is 9.19. The molecule has 0 bridgehead atoms. The van der Waals surface area contributed by atoms with Crippen molar-refractivity contribution in [3.8, 4) is 5.75 Å². The van der Waals surface area contributed by atoms with Gasteiger partial charge in [-0.3, -0.25) is 4.79 Å². The Balaban J connectivity index is 0.000000424. The molecule has 1 rings (SSSR count). The van der Waals surface area contributed by atoms with Gasteiger partial charge in [-0.05, 0) is 18.1 Å². The molecule has 0 amide bonds. The molecule has 0 saturated carbocycles. The number of benzene rings is 1. The Bertz CT molecular complexity index is 269. The molecule has 3 nitrogen and oxygen atoms in total. The average Bonchev–Trinajstić information content (AvgIpc) is 2.11. The van der Waals surface area contributed by atoms with Crippen molar-refractivity contribution in [1.29, 1.82) is 0 Å². The summed E-state index contributed by atoms with van der Waals surface area (Å²) in [7, 11) is 0. The first-order chi connectivity index (χ1) is 6.26. The monoisotopic (exact) mass is 180 g/mol. The normalized spacial score (nSPS) is 8.00. The van der Waals surface area contributed by atoms with Gasteiger partial charge in [0.25, 0.3) is 6.47 Å². The van der Waals surface area contributed by atoms with Crippen molar-refractivity contribution in [2.24, 2.45) is 0 Å². The van der Waals surface area contributed by atoms with Gasteiger partial charge in [0.15, 0.2) is 0 Å². The SMILES string of the molecule is C=CCc1ccccc1O.O=CO. The second kappa shape index (κ2) is 6.91. The van der Waals surface area contributed by atoms with Gasteiger partial charge in [0.2, 0.25) is 0 Å².